The van der Waals surface area contributed by atoms with Crippen LogP contribution in [0.1, 0.15) is 15.3 Å². The number of carbonyl (C=O) groups is 1. The quantitative estimate of drug-likeness (QED) is 0.607. The third-order valence-electron chi connectivity index (χ3n) is 3.52. The maximum absolute atomic E-state index is 12.2. The van der Waals surface area contributed by atoms with Crippen molar-refractivity contribution in [1.29, 1.82) is 0 Å². The number of aryl methyl sites for hydroxylation is 1. The second kappa shape index (κ2) is 6.55. The van der Waals surface area contributed by atoms with Gasteiger partial charge in [-0.3, -0.25) is 0 Å². The highest BCUT2D eigenvalue weighted by Crippen LogP contribution is 2.24. The number of hydrogen-bond donors (Lipinski definition) is 0. The first-order chi connectivity index (χ1) is 11.8. The number of thiophene rings is 1. The van der Waals surface area contributed by atoms with Crippen LogP contribution < -0.4 is 0 Å². The lowest BCUT2D eigenvalue weighted by molar-refractivity contribution is -0.129. The van der Waals surface area contributed by atoms with E-state index in [1.54, 1.807) is 29.5 Å². The highest BCUT2D eigenvalue weighted by atomic mass is 32.2. The lowest BCUT2D eigenvalue weighted by atomic mass is 10.2. The third-order valence-corrected chi connectivity index (χ3v) is 6.28. The Morgan fingerprint density at radius 3 is 2.60 bits per heavy atom. The van der Waals surface area contributed by atoms with E-state index in [4.69, 9.17) is 4.74 Å². The van der Waals surface area contributed by atoms with Gasteiger partial charge in [0.05, 0.1) is 4.90 Å². The fourth-order valence-corrected chi connectivity index (χ4v) is 3.96. The molecule has 0 saturated heterocycles. The number of sulfonamides is 1. The monoisotopic (exact) mass is 376 g/mol. The number of hydrogen-bond acceptors (Lipinski definition) is 6. The van der Waals surface area contributed by atoms with Gasteiger partial charge < -0.3 is 4.74 Å². The highest BCUT2D eigenvalue weighted by Gasteiger charge is 2.26. The van der Waals surface area contributed by atoms with Crippen LogP contribution in [0.25, 0.3) is 6.08 Å². The first-order valence-corrected chi connectivity index (χ1v) is 9.65. The molecule has 130 valence electrons. The number of nitrogens with zero attached hydrogens (tertiary/aromatic N) is 2. The van der Waals surface area contributed by atoms with Crippen molar-refractivity contribution >= 4 is 39.3 Å². The van der Waals surface area contributed by atoms with Gasteiger partial charge in [0.15, 0.2) is 5.70 Å². The Balaban J connectivity index is 1.96. The van der Waals surface area contributed by atoms with Crippen LogP contribution in [0.15, 0.2) is 52.0 Å². The molecular formula is C17H16N2O4S2. The van der Waals surface area contributed by atoms with Crippen LogP contribution >= 0.6 is 11.3 Å². The molecule has 0 atom stereocenters. The molecule has 0 radical (unpaired) electrons. The molecule has 3 rings (SSSR count). The molecule has 0 N–H and O–H groups in total. The van der Waals surface area contributed by atoms with Gasteiger partial charge in [-0.15, -0.1) is 11.3 Å². The van der Waals surface area contributed by atoms with E-state index in [0.29, 0.717) is 5.56 Å². The van der Waals surface area contributed by atoms with Crippen molar-refractivity contribution in [3.05, 3.63) is 57.4 Å². The van der Waals surface area contributed by atoms with Gasteiger partial charge in [0.2, 0.25) is 15.9 Å². The van der Waals surface area contributed by atoms with E-state index in [1.807, 2.05) is 19.1 Å². The Morgan fingerprint density at radius 1 is 1.20 bits per heavy atom. The van der Waals surface area contributed by atoms with Crippen molar-refractivity contribution in [3.8, 4) is 0 Å². The summed E-state index contributed by atoms with van der Waals surface area (Å²) in [4.78, 5) is 18.4. The minimum Gasteiger partial charge on any atom is -0.402 e. The van der Waals surface area contributed by atoms with Crippen molar-refractivity contribution < 1.29 is 17.9 Å². The second-order valence-electron chi connectivity index (χ2n) is 5.60. The summed E-state index contributed by atoms with van der Waals surface area (Å²) in [7, 11) is -0.662. The average molecular weight is 376 g/mol. The second-order valence-corrected chi connectivity index (χ2v) is 9.07. The Labute approximate surface area is 150 Å². The average Bonchev–Trinajstić information content (AvgIpc) is 3.14. The Kier molecular flexibility index (Phi) is 4.59. The van der Waals surface area contributed by atoms with Gasteiger partial charge in [-0.2, -0.15) is 0 Å². The lowest BCUT2D eigenvalue weighted by Gasteiger charge is -2.11. The number of cyclic esters (lactones) is 1. The van der Waals surface area contributed by atoms with Crippen LogP contribution in [-0.4, -0.2) is 38.7 Å². The molecule has 1 aromatic carbocycles. The number of benzene rings is 1. The molecule has 8 heteroatoms. The van der Waals surface area contributed by atoms with Gasteiger partial charge in [-0.1, -0.05) is 6.07 Å². The Bertz CT molecular complexity index is 1000. The Morgan fingerprint density at radius 2 is 1.96 bits per heavy atom. The minimum absolute atomic E-state index is 0.0975. The minimum atomic E-state index is -3.58. The molecule has 1 aliphatic rings. The Hall–Kier alpha value is -2.29. The van der Waals surface area contributed by atoms with Crippen molar-refractivity contribution in [2.75, 3.05) is 14.1 Å². The molecule has 25 heavy (non-hydrogen) atoms. The molecule has 0 spiro atoms. The smallest absolute Gasteiger partial charge is 0.363 e. The molecular weight excluding hydrogens is 360 g/mol. The molecule has 0 saturated carbocycles. The van der Waals surface area contributed by atoms with Gasteiger partial charge in [0.25, 0.3) is 0 Å². The topological polar surface area (TPSA) is 76.0 Å². The van der Waals surface area contributed by atoms with E-state index in [1.165, 1.54) is 26.2 Å². The van der Waals surface area contributed by atoms with Crippen molar-refractivity contribution in [1.82, 2.24) is 4.31 Å². The van der Waals surface area contributed by atoms with Crippen LogP contribution in [0.3, 0.4) is 0 Å². The summed E-state index contributed by atoms with van der Waals surface area (Å²) in [6.45, 7) is 1.98. The largest absolute Gasteiger partial charge is 0.402 e. The zero-order valence-electron chi connectivity index (χ0n) is 13.9. The lowest BCUT2D eigenvalue weighted by Crippen LogP contribution is -2.22. The van der Waals surface area contributed by atoms with Gasteiger partial charge in [0.1, 0.15) is 0 Å². The maximum Gasteiger partial charge on any atom is 0.363 e. The standard InChI is InChI=1S/C17H16N2O4S2/c1-11-7-8-13(24-11)10-15-17(20)23-16(18-15)12-5-4-6-14(9-12)25(21,22)19(2)3/h4-10H,1-3H3. The van der Waals surface area contributed by atoms with Crippen LogP contribution in [0.4, 0.5) is 0 Å². The number of aliphatic imine (C=N–C) groups is 1. The van der Waals surface area contributed by atoms with Gasteiger partial charge in [-0.05, 0) is 43.3 Å². The van der Waals surface area contributed by atoms with E-state index in [2.05, 4.69) is 4.99 Å². The van der Waals surface area contributed by atoms with E-state index in [9.17, 15) is 13.2 Å². The predicted octanol–water partition coefficient (Wildman–Crippen LogP) is 2.65. The molecule has 1 aliphatic heterocycles. The van der Waals surface area contributed by atoms with Gasteiger partial charge >= 0.3 is 5.97 Å². The maximum atomic E-state index is 12.2. The summed E-state index contributed by atoms with van der Waals surface area (Å²) in [6, 6.07) is 10.0. The van der Waals surface area contributed by atoms with Crippen molar-refractivity contribution in [2.24, 2.45) is 4.99 Å². The zero-order chi connectivity index (χ0) is 18.2. The van der Waals surface area contributed by atoms with Crippen LogP contribution in [0, 0.1) is 6.92 Å². The molecule has 0 aliphatic carbocycles. The molecule has 0 bridgehead atoms. The van der Waals surface area contributed by atoms with Gasteiger partial charge in [0, 0.05) is 29.4 Å². The third kappa shape index (κ3) is 3.55. The number of esters is 1. The summed E-state index contributed by atoms with van der Waals surface area (Å²) in [6.07, 6.45) is 1.66. The van der Waals surface area contributed by atoms with E-state index < -0.39 is 16.0 Å². The fourth-order valence-electron chi connectivity index (χ4n) is 2.20. The van der Waals surface area contributed by atoms with Crippen LogP contribution in [0.5, 0.6) is 0 Å². The molecule has 0 fully saturated rings. The van der Waals surface area contributed by atoms with Crippen molar-refractivity contribution in [3.63, 3.8) is 0 Å². The molecule has 6 nitrogen and oxygen atoms in total. The normalized spacial score (nSPS) is 16.4. The molecule has 2 heterocycles. The van der Waals surface area contributed by atoms with E-state index in [-0.39, 0.29) is 16.5 Å². The fraction of sp³-hybridized carbons (Fsp3) is 0.176. The first kappa shape index (κ1) is 17.5. The molecule has 2 aromatic rings. The summed E-state index contributed by atoms with van der Waals surface area (Å²) >= 11 is 1.54. The molecule has 0 amide bonds. The van der Waals surface area contributed by atoms with E-state index >= 15 is 0 Å². The zero-order valence-corrected chi connectivity index (χ0v) is 15.5. The number of ether oxygens (including phenoxy) is 1. The SMILES string of the molecule is Cc1ccc(C=C2N=C(c3cccc(S(=O)(=O)N(C)C)c3)OC2=O)s1. The highest BCUT2D eigenvalue weighted by molar-refractivity contribution is 7.89. The molecule has 0 unspecified atom stereocenters. The number of rotatable bonds is 4. The molecule has 1 aromatic heterocycles. The summed E-state index contributed by atoms with van der Waals surface area (Å²) in [5, 5.41) is 0. The summed E-state index contributed by atoms with van der Waals surface area (Å²) < 4.78 is 30.8. The summed E-state index contributed by atoms with van der Waals surface area (Å²) in [5.74, 6) is -0.456. The predicted molar refractivity (Wildman–Crippen MR) is 97.0 cm³/mol. The van der Waals surface area contributed by atoms with Crippen LogP contribution in [-0.2, 0) is 19.6 Å². The van der Waals surface area contributed by atoms with Crippen molar-refractivity contribution in [2.45, 2.75) is 11.8 Å². The summed E-state index contributed by atoms with van der Waals surface area (Å²) in [5.41, 5.74) is 0.625. The van der Waals surface area contributed by atoms with Gasteiger partial charge in [-0.25, -0.2) is 22.5 Å². The number of carbonyl (C=O) groups excluding carboxylic acids is 1. The van der Waals surface area contributed by atoms with E-state index in [0.717, 1.165) is 14.1 Å². The van der Waals surface area contributed by atoms with Crippen LogP contribution in [0.2, 0.25) is 0 Å². The first-order valence-electron chi connectivity index (χ1n) is 7.39.